The summed E-state index contributed by atoms with van der Waals surface area (Å²) < 4.78 is 0. The molecule has 3 N–H and O–H groups in total. The van der Waals surface area contributed by atoms with E-state index in [1.165, 1.54) is 0 Å². The second-order valence-electron chi connectivity index (χ2n) is 4.03. The van der Waals surface area contributed by atoms with Crippen molar-refractivity contribution in [1.82, 2.24) is 4.90 Å². The van der Waals surface area contributed by atoms with E-state index >= 15 is 0 Å². The zero-order valence-corrected chi connectivity index (χ0v) is 8.80. The van der Waals surface area contributed by atoms with Crippen molar-refractivity contribution in [2.45, 2.75) is 37.8 Å². The number of carboxylic acids is 1. The fraction of sp³-hybridized carbons (Fsp3) is 0.900. The number of rotatable bonds is 4. The van der Waals surface area contributed by atoms with Crippen molar-refractivity contribution < 1.29 is 20.1 Å². The van der Waals surface area contributed by atoms with Crippen LogP contribution in [-0.2, 0) is 4.79 Å². The van der Waals surface area contributed by atoms with Gasteiger partial charge in [-0.2, -0.15) is 0 Å². The summed E-state index contributed by atoms with van der Waals surface area (Å²) in [6, 6.07) is -0.506. The smallest absolute Gasteiger partial charge is 0.320 e. The first-order valence-corrected chi connectivity index (χ1v) is 5.41. The first kappa shape index (κ1) is 12.4. The molecule has 88 valence electrons. The second-order valence-corrected chi connectivity index (χ2v) is 4.03. The number of hydrogen-bond acceptors (Lipinski definition) is 4. The van der Waals surface area contributed by atoms with Gasteiger partial charge < -0.3 is 15.3 Å². The van der Waals surface area contributed by atoms with Crippen LogP contribution in [0.5, 0.6) is 0 Å². The lowest BCUT2D eigenvalue weighted by molar-refractivity contribution is -0.144. The van der Waals surface area contributed by atoms with Gasteiger partial charge in [-0.25, -0.2) is 0 Å². The van der Waals surface area contributed by atoms with E-state index in [0.29, 0.717) is 13.0 Å². The maximum atomic E-state index is 11.0. The van der Waals surface area contributed by atoms with Gasteiger partial charge in [0, 0.05) is 6.54 Å². The van der Waals surface area contributed by atoms with E-state index in [2.05, 4.69) is 0 Å². The Morgan fingerprint density at radius 1 is 1.40 bits per heavy atom. The zero-order chi connectivity index (χ0) is 11.3. The van der Waals surface area contributed by atoms with Crippen LogP contribution in [-0.4, -0.2) is 58.0 Å². The van der Waals surface area contributed by atoms with Gasteiger partial charge in [0.2, 0.25) is 0 Å². The van der Waals surface area contributed by atoms with Crippen molar-refractivity contribution in [3.05, 3.63) is 0 Å². The highest BCUT2D eigenvalue weighted by molar-refractivity contribution is 5.73. The van der Waals surface area contributed by atoms with Gasteiger partial charge in [-0.15, -0.1) is 0 Å². The molecular weight excluding hydrogens is 198 g/mol. The summed E-state index contributed by atoms with van der Waals surface area (Å²) in [4.78, 5) is 12.8. The Morgan fingerprint density at radius 2 is 2.13 bits per heavy atom. The Bertz CT molecular complexity index is 210. The monoisotopic (exact) mass is 217 g/mol. The standard InChI is InChI=1S/C10H19NO4/c12-7-8(13)6-11-5-3-1-2-4-9(11)10(14)15/h8-9,12-13H,1-7H2,(H,14,15). The van der Waals surface area contributed by atoms with Crippen LogP contribution in [0.15, 0.2) is 0 Å². The molecule has 1 rings (SSSR count). The number of aliphatic hydroxyl groups excluding tert-OH is 2. The molecule has 0 spiro atoms. The predicted octanol–water partition coefficient (Wildman–Crippen LogP) is -0.331. The van der Waals surface area contributed by atoms with Crippen LogP contribution in [0.4, 0.5) is 0 Å². The van der Waals surface area contributed by atoms with Gasteiger partial charge in [-0.3, -0.25) is 9.69 Å². The highest BCUT2D eigenvalue weighted by Crippen LogP contribution is 2.17. The highest BCUT2D eigenvalue weighted by atomic mass is 16.4. The number of aliphatic hydroxyl groups is 2. The molecule has 0 aromatic carbocycles. The van der Waals surface area contributed by atoms with Gasteiger partial charge >= 0.3 is 5.97 Å². The molecule has 2 atom stereocenters. The molecular formula is C10H19NO4. The molecule has 0 aliphatic carbocycles. The number of nitrogens with zero attached hydrogens (tertiary/aromatic N) is 1. The average Bonchev–Trinajstić information content (AvgIpc) is 2.43. The van der Waals surface area contributed by atoms with E-state index in [0.717, 1.165) is 19.3 Å². The maximum Gasteiger partial charge on any atom is 0.320 e. The molecule has 1 saturated heterocycles. The van der Waals surface area contributed by atoms with E-state index in [1.54, 1.807) is 4.90 Å². The van der Waals surface area contributed by atoms with Gasteiger partial charge in [-0.1, -0.05) is 12.8 Å². The van der Waals surface area contributed by atoms with Crippen LogP contribution in [0.1, 0.15) is 25.7 Å². The van der Waals surface area contributed by atoms with E-state index in [-0.39, 0.29) is 13.2 Å². The normalized spacial score (nSPS) is 25.9. The molecule has 1 aliphatic rings. The molecule has 2 unspecified atom stereocenters. The Kier molecular flexibility index (Phi) is 5.01. The molecule has 1 fully saturated rings. The van der Waals surface area contributed by atoms with Gasteiger partial charge in [-0.05, 0) is 19.4 Å². The molecule has 15 heavy (non-hydrogen) atoms. The van der Waals surface area contributed by atoms with Crippen molar-refractivity contribution >= 4 is 5.97 Å². The number of aliphatic carboxylic acids is 1. The number of likely N-dealkylation sites (tertiary alicyclic amines) is 1. The van der Waals surface area contributed by atoms with Crippen LogP contribution in [0, 0.1) is 0 Å². The summed E-state index contributed by atoms with van der Waals surface area (Å²) in [6.07, 6.45) is 2.71. The second kappa shape index (κ2) is 6.05. The lowest BCUT2D eigenvalue weighted by atomic mass is 10.1. The summed E-state index contributed by atoms with van der Waals surface area (Å²) in [5.41, 5.74) is 0. The third-order valence-electron chi connectivity index (χ3n) is 2.80. The van der Waals surface area contributed by atoms with Crippen LogP contribution in [0.25, 0.3) is 0 Å². The van der Waals surface area contributed by atoms with Crippen LogP contribution in [0.2, 0.25) is 0 Å². The Balaban J connectivity index is 2.57. The predicted molar refractivity (Wildman–Crippen MR) is 54.6 cm³/mol. The molecule has 0 saturated carbocycles. The Morgan fingerprint density at radius 3 is 2.73 bits per heavy atom. The van der Waals surface area contributed by atoms with Crippen LogP contribution in [0.3, 0.4) is 0 Å². The van der Waals surface area contributed by atoms with Crippen LogP contribution >= 0.6 is 0 Å². The summed E-state index contributed by atoms with van der Waals surface area (Å²) in [5.74, 6) is -0.831. The van der Waals surface area contributed by atoms with Gasteiger partial charge in [0.1, 0.15) is 6.04 Å². The largest absolute Gasteiger partial charge is 0.480 e. The first-order chi connectivity index (χ1) is 7.15. The van der Waals surface area contributed by atoms with Crippen LogP contribution < -0.4 is 0 Å². The van der Waals surface area contributed by atoms with Crippen molar-refractivity contribution in [2.24, 2.45) is 0 Å². The number of hydrogen-bond donors (Lipinski definition) is 3. The quantitative estimate of drug-likeness (QED) is 0.600. The number of carbonyl (C=O) groups is 1. The summed E-state index contributed by atoms with van der Waals surface area (Å²) in [7, 11) is 0. The van der Waals surface area contributed by atoms with E-state index in [1.807, 2.05) is 0 Å². The number of β-amino-alcohol motifs (C(OH)–C–C–N with tert-alkyl or cyclic N) is 1. The molecule has 0 radical (unpaired) electrons. The third kappa shape index (κ3) is 3.77. The lowest BCUT2D eigenvalue weighted by Gasteiger charge is -2.28. The molecule has 1 aliphatic heterocycles. The van der Waals surface area contributed by atoms with Crippen molar-refractivity contribution in [2.75, 3.05) is 19.7 Å². The zero-order valence-electron chi connectivity index (χ0n) is 8.80. The molecule has 0 aromatic heterocycles. The van der Waals surface area contributed by atoms with Crippen molar-refractivity contribution in [3.63, 3.8) is 0 Å². The number of carboxylic acid groups (broad SMARTS) is 1. The summed E-state index contributed by atoms with van der Waals surface area (Å²) >= 11 is 0. The van der Waals surface area contributed by atoms with Crippen molar-refractivity contribution in [1.29, 1.82) is 0 Å². The molecule has 5 nitrogen and oxygen atoms in total. The minimum absolute atomic E-state index is 0.244. The van der Waals surface area contributed by atoms with Gasteiger partial charge in [0.15, 0.2) is 0 Å². The molecule has 0 bridgehead atoms. The van der Waals surface area contributed by atoms with Gasteiger partial charge in [0.25, 0.3) is 0 Å². The third-order valence-corrected chi connectivity index (χ3v) is 2.80. The minimum atomic E-state index is -0.843. The molecule has 0 amide bonds. The first-order valence-electron chi connectivity index (χ1n) is 5.41. The lowest BCUT2D eigenvalue weighted by Crippen LogP contribution is -2.45. The topological polar surface area (TPSA) is 81.0 Å². The molecule has 5 heteroatoms. The van der Waals surface area contributed by atoms with E-state index in [4.69, 9.17) is 10.2 Å². The SMILES string of the molecule is O=C(O)C1CCCCCN1CC(O)CO. The minimum Gasteiger partial charge on any atom is -0.480 e. The highest BCUT2D eigenvalue weighted by Gasteiger charge is 2.28. The van der Waals surface area contributed by atoms with Gasteiger partial charge in [0.05, 0.1) is 12.7 Å². The van der Waals surface area contributed by atoms with E-state index < -0.39 is 18.1 Å². The molecule has 1 heterocycles. The fourth-order valence-corrected chi connectivity index (χ4v) is 1.99. The summed E-state index contributed by atoms with van der Waals surface area (Å²) in [6.45, 7) is 0.615. The molecule has 0 aromatic rings. The fourth-order valence-electron chi connectivity index (χ4n) is 1.99. The summed E-state index contributed by atoms with van der Waals surface area (Å²) in [5, 5.41) is 27.1. The average molecular weight is 217 g/mol. The Labute approximate surface area is 89.3 Å². The maximum absolute atomic E-state index is 11.0. The van der Waals surface area contributed by atoms with E-state index in [9.17, 15) is 9.90 Å². The van der Waals surface area contributed by atoms with Crippen molar-refractivity contribution in [3.8, 4) is 0 Å². The Hall–Kier alpha value is -0.650.